The maximum atomic E-state index is 12.2. The van der Waals surface area contributed by atoms with Gasteiger partial charge in [0.2, 0.25) is 5.95 Å². The zero-order valence-corrected chi connectivity index (χ0v) is 24.3. The first kappa shape index (κ1) is 28.0. The van der Waals surface area contributed by atoms with Crippen molar-refractivity contribution in [2.75, 3.05) is 66.8 Å². The number of hydrogen-bond acceptors (Lipinski definition) is 10. The smallest absolute Gasteiger partial charge is 0.273 e. The summed E-state index contributed by atoms with van der Waals surface area (Å²) >= 11 is 0. The molecule has 1 amide bonds. The quantitative estimate of drug-likeness (QED) is 0.349. The molecule has 222 valence electrons. The molecule has 1 unspecified atom stereocenters. The third-order valence-corrected chi connectivity index (χ3v) is 8.72. The van der Waals surface area contributed by atoms with Crippen LogP contribution in [0.25, 0.3) is 0 Å². The van der Waals surface area contributed by atoms with Crippen molar-refractivity contribution in [3.05, 3.63) is 54.2 Å². The van der Waals surface area contributed by atoms with Crippen molar-refractivity contribution in [1.82, 2.24) is 20.1 Å². The Kier molecular flexibility index (Phi) is 8.55. The number of methoxy groups -OCH3 is 1. The van der Waals surface area contributed by atoms with Gasteiger partial charge in [0, 0.05) is 68.4 Å². The lowest BCUT2D eigenvalue weighted by Gasteiger charge is -2.39. The first-order valence-electron chi connectivity index (χ1n) is 15.1. The number of nitrogens with two attached hydrogens (primary N) is 1. The molecule has 1 atom stereocenters. The number of hydrogen-bond donors (Lipinski definition) is 3. The minimum Gasteiger partial charge on any atom is -0.497 e. The Labute approximate surface area is 247 Å². The summed E-state index contributed by atoms with van der Waals surface area (Å²) in [5.74, 6) is 0.946. The molecule has 0 bridgehead atoms. The minimum absolute atomic E-state index is 0.0239. The van der Waals surface area contributed by atoms with Gasteiger partial charge in [-0.25, -0.2) is 0 Å². The van der Waals surface area contributed by atoms with Crippen LogP contribution in [0.3, 0.4) is 0 Å². The summed E-state index contributed by atoms with van der Waals surface area (Å²) in [6.07, 6.45) is 7.47. The van der Waals surface area contributed by atoms with Crippen molar-refractivity contribution in [1.29, 1.82) is 0 Å². The van der Waals surface area contributed by atoms with Crippen molar-refractivity contribution in [3.8, 4) is 5.75 Å². The SMILES string of the molecule is COc1ccc(NC2CCCN(c3nnc(C(N)=O)c(Nc4ccc(N5CCN(C6CCCC6)CC5)cc4)n3)C2)cc1. The van der Waals surface area contributed by atoms with E-state index in [2.05, 4.69) is 47.7 Å². The van der Waals surface area contributed by atoms with E-state index in [1.54, 1.807) is 7.11 Å². The molecule has 3 fully saturated rings. The van der Waals surface area contributed by atoms with E-state index in [-0.39, 0.29) is 11.7 Å². The summed E-state index contributed by atoms with van der Waals surface area (Å²) in [7, 11) is 1.66. The largest absolute Gasteiger partial charge is 0.497 e. The lowest BCUT2D eigenvalue weighted by atomic mass is 10.1. The summed E-state index contributed by atoms with van der Waals surface area (Å²) in [5.41, 5.74) is 8.71. The van der Waals surface area contributed by atoms with Crippen LogP contribution in [0.2, 0.25) is 0 Å². The standard InChI is InChI=1S/C31H41N9O2/c1-42-27-14-10-22(11-15-27)33-24-5-4-16-40(21-24)31-35-30(28(29(32)41)36-37-31)34-23-8-12-26(13-9-23)39-19-17-38(18-20-39)25-6-2-3-7-25/h8-15,24-25,33H,2-7,16-21H2,1H3,(H2,32,41)(H,34,35,37). The van der Waals surface area contributed by atoms with Crippen LogP contribution in [0.1, 0.15) is 49.0 Å². The van der Waals surface area contributed by atoms with Crippen LogP contribution in [0, 0.1) is 0 Å². The number of primary amides is 1. The number of amides is 1. The highest BCUT2D eigenvalue weighted by Crippen LogP contribution is 2.28. The molecule has 4 N–H and O–H groups in total. The fraction of sp³-hybridized carbons (Fsp3) is 0.484. The van der Waals surface area contributed by atoms with Crippen molar-refractivity contribution in [2.45, 2.75) is 50.6 Å². The molecule has 1 saturated carbocycles. The van der Waals surface area contributed by atoms with Crippen LogP contribution < -0.4 is 30.9 Å². The maximum Gasteiger partial charge on any atom is 0.273 e. The highest BCUT2D eigenvalue weighted by atomic mass is 16.5. The van der Waals surface area contributed by atoms with E-state index in [1.165, 1.54) is 31.4 Å². The van der Waals surface area contributed by atoms with Gasteiger partial charge in [-0.05, 0) is 74.2 Å². The number of anilines is 5. The Morgan fingerprint density at radius 3 is 2.26 bits per heavy atom. The van der Waals surface area contributed by atoms with Crippen LogP contribution in [0.15, 0.2) is 48.5 Å². The third kappa shape index (κ3) is 6.51. The lowest BCUT2D eigenvalue weighted by Crippen LogP contribution is -2.49. The molecule has 3 aromatic rings. The van der Waals surface area contributed by atoms with Gasteiger partial charge in [0.25, 0.3) is 5.91 Å². The molecule has 1 aliphatic carbocycles. The average Bonchev–Trinajstić information content (AvgIpc) is 3.57. The van der Waals surface area contributed by atoms with Crippen molar-refractivity contribution in [2.24, 2.45) is 5.73 Å². The number of aromatic nitrogens is 3. The average molecular weight is 572 g/mol. The fourth-order valence-electron chi connectivity index (χ4n) is 6.41. The van der Waals surface area contributed by atoms with Gasteiger partial charge in [0.15, 0.2) is 11.5 Å². The molecule has 42 heavy (non-hydrogen) atoms. The van der Waals surface area contributed by atoms with Gasteiger partial charge in [-0.1, -0.05) is 12.8 Å². The van der Waals surface area contributed by atoms with Crippen LogP contribution >= 0.6 is 0 Å². The Hall–Kier alpha value is -4.12. The van der Waals surface area contributed by atoms with Crippen molar-refractivity contribution >= 4 is 34.7 Å². The molecule has 11 nitrogen and oxygen atoms in total. The van der Waals surface area contributed by atoms with Crippen molar-refractivity contribution in [3.63, 3.8) is 0 Å². The van der Waals surface area contributed by atoms with Crippen LogP contribution in [0.4, 0.5) is 28.8 Å². The molecule has 0 spiro atoms. The number of nitrogens with one attached hydrogen (secondary N) is 2. The number of carbonyl (C=O) groups is 1. The van der Waals surface area contributed by atoms with E-state index in [1.807, 2.05) is 36.4 Å². The van der Waals surface area contributed by atoms with E-state index < -0.39 is 5.91 Å². The van der Waals surface area contributed by atoms with E-state index in [0.717, 1.165) is 68.7 Å². The highest BCUT2D eigenvalue weighted by Gasteiger charge is 2.27. The molecule has 6 rings (SSSR count). The second-order valence-corrected chi connectivity index (χ2v) is 11.5. The van der Waals surface area contributed by atoms with Crippen LogP contribution in [-0.4, -0.2) is 84.5 Å². The van der Waals surface area contributed by atoms with Gasteiger partial charge in [-0.15, -0.1) is 10.2 Å². The lowest BCUT2D eigenvalue weighted by molar-refractivity contribution is 0.0995. The maximum absolute atomic E-state index is 12.2. The summed E-state index contributed by atoms with van der Waals surface area (Å²) in [6.45, 7) is 5.84. The molecule has 11 heteroatoms. The second kappa shape index (κ2) is 12.8. The van der Waals surface area contributed by atoms with Gasteiger partial charge in [0.1, 0.15) is 5.75 Å². The first-order valence-corrected chi connectivity index (χ1v) is 15.1. The molecule has 0 radical (unpaired) electrons. The van der Waals surface area contributed by atoms with Gasteiger partial charge < -0.3 is 30.9 Å². The Morgan fingerprint density at radius 2 is 1.57 bits per heavy atom. The fourth-order valence-corrected chi connectivity index (χ4v) is 6.41. The van der Waals surface area contributed by atoms with Gasteiger partial charge in [0.05, 0.1) is 7.11 Å². The number of rotatable bonds is 9. The van der Waals surface area contributed by atoms with E-state index in [4.69, 9.17) is 15.5 Å². The Bertz CT molecular complexity index is 1340. The van der Waals surface area contributed by atoms with Crippen molar-refractivity contribution < 1.29 is 9.53 Å². The summed E-state index contributed by atoms with van der Waals surface area (Å²) < 4.78 is 5.27. The van der Waals surface area contributed by atoms with Gasteiger partial charge in [-0.3, -0.25) is 9.69 Å². The summed E-state index contributed by atoms with van der Waals surface area (Å²) in [5, 5.41) is 15.3. The highest BCUT2D eigenvalue weighted by molar-refractivity contribution is 5.96. The minimum atomic E-state index is -0.668. The van der Waals surface area contributed by atoms with Gasteiger partial charge in [-0.2, -0.15) is 4.98 Å². The molecular formula is C31H41N9O2. The molecule has 3 aliphatic rings. The molecule has 3 heterocycles. The second-order valence-electron chi connectivity index (χ2n) is 11.5. The number of piperidine rings is 1. The summed E-state index contributed by atoms with van der Waals surface area (Å²) in [6, 6.07) is 17.2. The third-order valence-electron chi connectivity index (χ3n) is 8.72. The normalized spacial score (nSPS) is 20.0. The molecule has 2 aliphatic heterocycles. The number of benzene rings is 2. The number of piperazine rings is 1. The molecule has 2 aromatic carbocycles. The molecular weight excluding hydrogens is 530 g/mol. The number of carbonyl (C=O) groups excluding carboxylic acids is 1. The van der Waals surface area contributed by atoms with E-state index in [0.29, 0.717) is 18.3 Å². The Balaban J connectivity index is 1.10. The Morgan fingerprint density at radius 1 is 0.857 bits per heavy atom. The zero-order chi connectivity index (χ0) is 28.9. The predicted octanol–water partition coefficient (Wildman–Crippen LogP) is 3.87. The zero-order valence-electron chi connectivity index (χ0n) is 24.3. The number of nitrogens with zero attached hydrogens (tertiary/aromatic N) is 6. The molecule has 1 aromatic heterocycles. The van der Waals surface area contributed by atoms with Crippen LogP contribution in [-0.2, 0) is 0 Å². The first-order chi connectivity index (χ1) is 20.6. The topological polar surface area (TPSA) is 125 Å². The monoisotopic (exact) mass is 571 g/mol. The summed E-state index contributed by atoms with van der Waals surface area (Å²) in [4.78, 5) is 24.1. The predicted molar refractivity (Wildman–Crippen MR) is 166 cm³/mol. The van der Waals surface area contributed by atoms with Gasteiger partial charge >= 0.3 is 0 Å². The van der Waals surface area contributed by atoms with E-state index in [9.17, 15) is 4.79 Å². The number of ether oxygens (including phenoxy) is 1. The molecule has 2 saturated heterocycles. The van der Waals surface area contributed by atoms with Crippen LogP contribution in [0.5, 0.6) is 5.75 Å². The van der Waals surface area contributed by atoms with E-state index >= 15 is 0 Å².